The Bertz CT molecular complexity index is 477. The van der Waals surface area contributed by atoms with Crippen LogP contribution in [0, 0.1) is 25.2 Å². The Morgan fingerprint density at radius 3 is 2.83 bits per heavy atom. The molecule has 2 atom stereocenters. The molecular formula is C13H19N5. The van der Waals surface area contributed by atoms with Gasteiger partial charge in [-0.15, -0.1) is 5.10 Å². The van der Waals surface area contributed by atoms with Crippen molar-refractivity contribution < 1.29 is 0 Å². The second-order valence-corrected chi connectivity index (χ2v) is 4.97. The Hall–Kier alpha value is -1.67. The first-order valence-corrected chi connectivity index (χ1v) is 6.35. The first kappa shape index (κ1) is 12.8. The van der Waals surface area contributed by atoms with E-state index in [9.17, 15) is 5.26 Å². The molecular weight excluding hydrogens is 226 g/mol. The number of rotatable bonds is 2. The average molecular weight is 245 g/mol. The Morgan fingerprint density at radius 2 is 2.17 bits per heavy atom. The predicted octanol–water partition coefficient (Wildman–Crippen LogP) is 1.52. The molecule has 1 saturated heterocycles. The first-order valence-electron chi connectivity index (χ1n) is 6.35. The molecule has 1 aromatic heterocycles. The van der Waals surface area contributed by atoms with Crippen LogP contribution in [0.1, 0.15) is 36.6 Å². The zero-order valence-electron chi connectivity index (χ0n) is 11.1. The lowest BCUT2D eigenvalue weighted by atomic mass is 10.00. The monoisotopic (exact) mass is 245 g/mol. The lowest BCUT2D eigenvalue weighted by Crippen LogP contribution is -2.41. The van der Waals surface area contributed by atoms with E-state index in [0.29, 0.717) is 23.5 Å². The maximum atomic E-state index is 9.24. The molecule has 2 heterocycles. The van der Waals surface area contributed by atoms with Crippen LogP contribution in [0.25, 0.3) is 0 Å². The van der Waals surface area contributed by atoms with E-state index >= 15 is 0 Å². The zero-order valence-corrected chi connectivity index (χ0v) is 11.1. The van der Waals surface area contributed by atoms with Crippen molar-refractivity contribution in [3.8, 4) is 6.07 Å². The van der Waals surface area contributed by atoms with Crippen molar-refractivity contribution in [1.82, 2.24) is 15.5 Å². The normalized spacial score (nSPS) is 23.4. The molecule has 0 amide bonds. The van der Waals surface area contributed by atoms with Crippen LogP contribution in [0.4, 0.5) is 5.82 Å². The van der Waals surface area contributed by atoms with Gasteiger partial charge in [-0.05, 0) is 45.7 Å². The number of anilines is 1. The van der Waals surface area contributed by atoms with Crippen LogP contribution in [0.5, 0.6) is 0 Å². The van der Waals surface area contributed by atoms with E-state index in [0.717, 1.165) is 30.6 Å². The highest BCUT2D eigenvalue weighted by Crippen LogP contribution is 2.20. The molecule has 0 aromatic carbocycles. The predicted molar refractivity (Wildman–Crippen MR) is 70.3 cm³/mol. The summed E-state index contributed by atoms with van der Waals surface area (Å²) in [4.78, 5) is 0. The molecule has 2 rings (SSSR count). The third kappa shape index (κ3) is 2.59. The van der Waals surface area contributed by atoms with Crippen LogP contribution in [-0.4, -0.2) is 28.8 Å². The van der Waals surface area contributed by atoms with Gasteiger partial charge in [0.2, 0.25) is 0 Å². The van der Waals surface area contributed by atoms with Crippen LogP contribution >= 0.6 is 0 Å². The van der Waals surface area contributed by atoms with Crippen molar-refractivity contribution in [2.24, 2.45) is 0 Å². The SMILES string of the molecule is Cc1nnc(NC2CCNC(C)C2)c(C#N)c1C. The molecule has 1 aromatic rings. The van der Waals surface area contributed by atoms with Crippen molar-refractivity contribution in [3.05, 3.63) is 16.8 Å². The highest BCUT2D eigenvalue weighted by molar-refractivity contribution is 5.56. The number of nitriles is 1. The molecule has 0 bridgehead atoms. The van der Waals surface area contributed by atoms with Gasteiger partial charge in [0.05, 0.1) is 5.69 Å². The summed E-state index contributed by atoms with van der Waals surface area (Å²) in [6, 6.07) is 3.09. The Balaban J connectivity index is 2.19. The highest BCUT2D eigenvalue weighted by atomic mass is 15.2. The van der Waals surface area contributed by atoms with Crippen molar-refractivity contribution in [1.29, 1.82) is 5.26 Å². The summed E-state index contributed by atoms with van der Waals surface area (Å²) in [7, 11) is 0. The quantitative estimate of drug-likeness (QED) is 0.826. The van der Waals surface area contributed by atoms with Crippen LogP contribution in [-0.2, 0) is 0 Å². The Labute approximate surface area is 108 Å². The topological polar surface area (TPSA) is 73.6 Å². The number of piperidine rings is 1. The zero-order chi connectivity index (χ0) is 13.1. The minimum absolute atomic E-state index is 0.366. The molecule has 1 fully saturated rings. The number of aromatic nitrogens is 2. The largest absolute Gasteiger partial charge is 0.365 e. The average Bonchev–Trinajstić information content (AvgIpc) is 2.34. The molecule has 0 spiro atoms. The lowest BCUT2D eigenvalue weighted by molar-refractivity contribution is 0.395. The van der Waals surface area contributed by atoms with Gasteiger partial charge in [-0.25, -0.2) is 0 Å². The summed E-state index contributed by atoms with van der Waals surface area (Å²) < 4.78 is 0. The fourth-order valence-electron chi connectivity index (χ4n) is 2.30. The molecule has 5 heteroatoms. The van der Waals surface area contributed by atoms with Gasteiger partial charge in [0.15, 0.2) is 5.82 Å². The van der Waals surface area contributed by atoms with Crippen molar-refractivity contribution in [2.75, 3.05) is 11.9 Å². The Kier molecular flexibility index (Phi) is 3.78. The van der Waals surface area contributed by atoms with E-state index in [1.54, 1.807) is 0 Å². The van der Waals surface area contributed by atoms with Gasteiger partial charge in [-0.2, -0.15) is 10.4 Å². The molecule has 96 valence electrons. The van der Waals surface area contributed by atoms with Gasteiger partial charge in [-0.3, -0.25) is 0 Å². The van der Waals surface area contributed by atoms with Gasteiger partial charge < -0.3 is 10.6 Å². The third-order valence-electron chi connectivity index (χ3n) is 3.53. The summed E-state index contributed by atoms with van der Waals surface area (Å²) in [5.41, 5.74) is 2.35. The second-order valence-electron chi connectivity index (χ2n) is 4.97. The fourth-order valence-corrected chi connectivity index (χ4v) is 2.30. The van der Waals surface area contributed by atoms with Crippen molar-refractivity contribution in [2.45, 2.75) is 45.7 Å². The number of hydrogen-bond donors (Lipinski definition) is 2. The molecule has 2 N–H and O–H groups in total. The van der Waals surface area contributed by atoms with Crippen molar-refractivity contribution >= 4 is 5.82 Å². The van der Waals surface area contributed by atoms with E-state index in [1.807, 2.05) is 13.8 Å². The number of nitrogens with one attached hydrogen (secondary N) is 2. The number of aryl methyl sites for hydroxylation is 1. The molecule has 2 unspecified atom stereocenters. The van der Waals surface area contributed by atoms with Gasteiger partial charge >= 0.3 is 0 Å². The molecule has 1 aliphatic heterocycles. The minimum atomic E-state index is 0.366. The summed E-state index contributed by atoms with van der Waals surface area (Å²) >= 11 is 0. The van der Waals surface area contributed by atoms with Crippen LogP contribution in [0.15, 0.2) is 0 Å². The summed E-state index contributed by atoms with van der Waals surface area (Å²) in [5, 5.41) is 24.2. The second kappa shape index (κ2) is 5.32. The molecule has 0 saturated carbocycles. The molecule has 0 radical (unpaired) electrons. The molecule has 18 heavy (non-hydrogen) atoms. The fraction of sp³-hybridized carbons (Fsp3) is 0.615. The van der Waals surface area contributed by atoms with Crippen molar-refractivity contribution in [3.63, 3.8) is 0 Å². The van der Waals surface area contributed by atoms with Gasteiger partial charge in [0, 0.05) is 12.1 Å². The molecule has 0 aliphatic carbocycles. The smallest absolute Gasteiger partial charge is 0.167 e. The van der Waals surface area contributed by atoms with Gasteiger partial charge in [0.25, 0.3) is 0 Å². The highest BCUT2D eigenvalue weighted by Gasteiger charge is 2.20. The maximum Gasteiger partial charge on any atom is 0.167 e. The summed E-state index contributed by atoms with van der Waals surface area (Å²) in [6.07, 6.45) is 2.09. The lowest BCUT2D eigenvalue weighted by Gasteiger charge is -2.29. The molecule has 5 nitrogen and oxygen atoms in total. The minimum Gasteiger partial charge on any atom is -0.365 e. The number of hydrogen-bond acceptors (Lipinski definition) is 5. The standard InChI is InChI=1S/C13H19N5/c1-8-6-11(4-5-15-8)16-13-12(7-14)9(2)10(3)17-18-13/h8,11,15H,4-6H2,1-3H3,(H,16,18). The van der Waals surface area contributed by atoms with E-state index in [2.05, 4.69) is 33.8 Å². The molecule has 1 aliphatic rings. The Morgan fingerprint density at radius 1 is 1.39 bits per heavy atom. The first-order chi connectivity index (χ1) is 8.61. The summed E-state index contributed by atoms with van der Waals surface area (Å²) in [6.45, 7) is 6.96. The van der Waals surface area contributed by atoms with Gasteiger partial charge in [0.1, 0.15) is 11.6 Å². The van der Waals surface area contributed by atoms with Crippen LogP contribution < -0.4 is 10.6 Å². The van der Waals surface area contributed by atoms with Crippen LogP contribution in [0.3, 0.4) is 0 Å². The van der Waals surface area contributed by atoms with E-state index in [-0.39, 0.29) is 0 Å². The van der Waals surface area contributed by atoms with Crippen LogP contribution in [0.2, 0.25) is 0 Å². The number of nitrogens with zero attached hydrogens (tertiary/aromatic N) is 3. The van der Waals surface area contributed by atoms with E-state index in [4.69, 9.17) is 0 Å². The van der Waals surface area contributed by atoms with Gasteiger partial charge in [-0.1, -0.05) is 0 Å². The maximum absolute atomic E-state index is 9.24. The summed E-state index contributed by atoms with van der Waals surface area (Å²) in [5.74, 6) is 0.625. The van der Waals surface area contributed by atoms with E-state index < -0.39 is 0 Å². The van der Waals surface area contributed by atoms with E-state index in [1.165, 1.54) is 0 Å². The third-order valence-corrected chi connectivity index (χ3v) is 3.53.